The molecule has 0 aliphatic rings. The third-order valence-electron chi connectivity index (χ3n) is 2.42. The van der Waals surface area contributed by atoms with Crippen LogP contribution in [0.15, 0.2) is 36.5 Å². The second-order valence-corrected chi connectivity index (χ2v) is 3.94. The van der Waals surface area contributed by atoms with Crippen LogP contribution in [0.1, 0.15) is 19.4 Å². The Hall–Kier alpha value is -1.85. The second-order valence-electron chi connectivity index (χ2n) is 3.94. The van der Waals surface area contributed by atoms with Crippen LogP contribution in [-0.2, 0) is 9.47 Å². The molecule has 1 aromatic carbocycles. The Morgan fingerprint density at radius 3 is 2.45 bits per heavy atom. The van der Waals surface area contributed by atoms with E-state index in [9.17, 15) is 4.79 Å². The number of amides is 2. The van der Waals surface area contributed by atoms with E-state index >= 15 is 0 Å². The van der Waals surface area contributed by atoms with Gasteiger partial charge in [0.15, 0.2) is 6.29 Å². The highest BCUT2D eigenvalue weighted by atomic mass is 16.7. The van der Waals surface area contributed by atoms with Crippen molar-refractivity contribution in [3.63, 3.8) is 0 Å². The number of rotatable bonds is 8. The summed E-state index contributed by atoms with van der Waals surface area (Å²) in [6, 6.07) is 9.44. The van der Waals surface area contributed by atoms with Crippen LogP contribution in [0.25, 0.3) is 6.08 Å². The van der Waals surface area contributed by atoms with Crippen LogP contribution >= 0.6 is 0 Å². The lowest BCUT2D eigenvalue weighted by molar-refractivity contribution is -0.131. The first kappa shape index (κ1) is 16.2. The minimum atomic E-state index is -0.408. The van der Waals surface area contributed by atoms with Gasteiger partial charge >= 0.3 is 6.03 Å². The molecule has 2 amide bonds. The molecule has 5 heteroatoms. The van der Waals surface area contributed by atoms with Gasteiger partial charge in [0, 0.05) is 19.4 Å². The van der Waals surface area contributed by atoms with E-state index in [4.69, 9.17) is 9.47 Å². The number of benzene rings is 1. The van der Waals surface area contributed by atoms with E-state index < -0.39 is 6.29 Å². The number of hydrogen-bond donors (Lipinski definition) is 2. The topological polar surface area (TPSA) is 59.6 Å². The average molecular weight is 278 g/mol. The lowest BCUT2D eigenvalue weighted by Crippen LogP contribution is -2.39. The zero-order valence-electron chi connectivity index (χ0n) is 12.0. The van der Waals surface area contributed by atoms with E-state index in [1.165, 1.54) is 0 Å². The number of nitrogens with one attached hydrogen (secondary N) is 2. The van der Waals surface area contributed by atoms with Crippen molar-refractivity contribution >= 4 is 12.1 Å². The zero-order chi connectivity index (χ0) is 14.6. The van der Waals surface area contributed by atoms with Gasteiger partial charge in [-0.2, -0.15) is 0 Å². The number of carbonyl (C=O) groups excluding carboxylic acids is 1. The molecule has 0 heterocycles. The summed E-state index contributed by atoms with van der Waals surface area (Å²) >= 11 is 0. The lowest BCUT2D eigenvalue weighted by Gasteiger charge is -2.17. The van der Waals surface area contributed by atoms with Crippen molar-refractivity contribution in [3.8, 4) is 0 Å². The standard InChI is InChI=1S/C15H22N2O3/c1-3-19-14(20-4-2)12-17-15(18)16-11-10-13-8-6-5-7-9-13/h5-11,14H,3-4,12H2,1-2H3,(H2,16,17,18)/b11-10+. The molecule has 0 saturated heterocycles. The molecule has 0 radical (unpaired) electrons. The van der Waals surface area contributed by atoms with Crippen LogP contribution in [0.3, 0.4) is 0 Å². The van der Waals surface area contributed by atoms with Crippen LogP contribution in [0.2, 0.25) is 0 Å². The van der Waals surface area contributed by atoms with Crippen LogP contribution in [0.4, 0.5) is 4.79 Å². The summed E-state index contributed by atoms with van der Waals surface area (Å²) in [7, 11) is 0. The van der Waals surface area contributed by atoms with Gasteiger partial charge in [0.05, 0.1) is 6.54 Å². The summed E-state index contributed by atoms with van der Waals surface area (Å²) in [5.41, 5.74) is 1.02. The Morgan fingerprint density at radius 2 is 1.85 bits per heavy atom. The molecule has 0 aliphatic heterocycles. The smallest absolute Gasteiger partial charge is 0.318 e. The van der Waals surface area contributed by atoms with E-state index in [0.717, 1.165) is 5.56 Å². The Kier molecular flexibility index (Phi) is 8.10. The summed E-state index contributed by atoms with van der Waals surface area (Å²) in [4.78, 5) is 11.6. The Labute approximate surface area is 120 Å². The fraction of sp³-hybridized carbons (Fsp3) is 0.400. The normalized spacial score (nSPS) is 10.9. The van der Waals surface area contributed by atoms with Crippen molar-refractivity contribution in [2.45, 2.75) is 20.1 Å². The van der Waals surface area contributed by atoms with Crippen molar-refractivity contribution in [2.75, 3.05) is 19.8 Å². The van der Waals surface area contributed by atoms with Gasteiger partial charge in [-0.25, -0.2) is 4.79 Å². The predicted molar refractivity (Wildman–Crippen MR) is 79.1 cm³/mol. The lowest BCUT2D eigenvalue weighted by atomic mass is 10.2. The molecule has 0 spiro atoms. The first-order valence-corrected chi connectivity index (χ1v) is 6.75. The number of carbonyl (C=O) groups is 1. The minimum absolute atomic E-state index is 0.290. The van der Waals surface area contributed by atoms with Gasteiger partial charge in [-0.3, -0.25) is 0 Å². The third-order valence-corrected chi connectivity index (χ3v) is 2.42. The quantitative estimate of drug-likeness (QED) is 0.718. The van der Waals surface area contributed by atoms with Crippen LogP contribution in [0, 0.1) is 0 Å². The highest BCUT2D eigenvalue weighted by Crippen LogP contribution is 1.99. The van der Waals surface area contributed by atoms with Crippen molar-refractivity contribution in [1.82, 2.24) is 10.6 Å². The molecule has 1 aromatic rings. The van der Waals surface area contributed by atoms with E-state index in [0.29, 0.717) is 19.8 Å². The molecule has 1 rings (SSSR count). The van der Waals surface area contributed by atoms with Gasteiger partial charge in [-0.05, 0) is 25.5 Å². The molecule has 5 nitrogen and oxygen atoms in total. The number of ether oxygens (including phenoxy) is 2. The van der Waals surface area contributed by atoms with E-state index in [2.05, 4.69) is 10.6 Å². The van der Waals surface area contributed by atoms with Crippen molar-refractivity contribution in [1.29, 1.82) is 0 Å². The molecule has 0 saturated carbocycles. The highest BCUT2D eigenvalue weighted by Gasteiger charge is 2.08. The number of hydrogen-bond acceptors (Lipinski definition) is 3. The molecule has 0 unspecified atom stereocenters. The highest BCUT2D eigenvalue weighted by molar-refractivity contribution is 5.75. The Morgan fingerprint density at radius 1 is 1.20 bits per heavy atom. The minimum Gasteiger partial charge on any atom is -0.351 e. The number of urea groups is 1. The SMILES string of the molecule is CCOC(CNC(=O)N/C=C/c1ccccc1)OCC. The van der Waals surface area contributed by atoms with Crippen molar-refractivity contribution in [2.24, 2.45) is 0 Å². The Balaban J connectivity index is 2.27. The largest absolute Gasteiger partial charge is 0.351 e. The van der Waals surface area contributed by atoms with E-state index in [1.54, 1.807) is 6.20 Å². The second kappa shape index (κ2) is 10.00. The maximum atomic E-state index is 11.6. The van der Waals surface area contributed by atoms with E-state index in [-0.39, 0.29) is 6.03 Å². The van der Waals surface area contributed by atoms with Crippen LogP contribution in [-0.4, -0.2) is 32.1 Å². The Bertz CT molecular complexity index is 401. The van der Waals surface area contributed by atoms with Crippen molar-refractivity contribution < 1.29 is 14.3 Å². The van der Waals surface area contributed by atoms with Crippen LogP contribution < -0.4 is 10.6 Å². The molecular formula is C15H22N2O3. The van der Waals surface area contributed by atoms with Gasteiger partial charge in [0.25, 0.3) is 0 Å². The summed E-state index contributed by atoms with van der Waals surface area (Å²) < 4.78 is 10.6. The van der Waals surface area contributed by atoms with Gasteiger partial charge in [-0.1, -0.05) is 30.3 Å². The predicted octanol–water partition coefficient (Wildman–Crippen LogP) is 2.36. The first-order valence-electron chi connectivity index (χ1n) is 6.75. The van der Waals surface area contributed by atoms with Gasteiger partial charge in [0.2, 0.25) is 0 Å². The molecule has 110 valence electrons. The fourth-order valence-corrected chi connectivity index (χ4v) is 1.54. The van der Waals surface area contributed by atoms with Crippen molar-refractivity contribution in [3.05, 3.63) is 42.1 Å². The van der Waals surface area contributed by atoms with Crippen LogP contribution in [0.5, 0.6) is 0 Å². The zero-order valence-corrected chi connectivity index (χ0v) is 12.0. The molecule has 20 heavy (non-hydrogen) atoms. The molecule has 0 fully saturated rings. The summed E-state index contributed by atoms with van der Waals surface area (Å²) in [6.07, 6.45) is 3.01. The molecular weight excluding hydrogens is 256 g/mol. The molecule has 0 aliphatic carbocycles. The molecule has 0 bridgehead atoms. The van der Waals surface area contributed by atoms with E-state index in [1.807, 2.05) is 50.3 Å². The molecule has 0 atom stereocenters. The molecule has 2 N–H and O–H groups in total. The summed E-state index contributed by atoms with van der Waals surface area (Å²) in [5, 5.41) is 5.32. The van der Waals surface area contributed by atoms with Gasteiger partial charge < -0.3 is 20.1 Å². The third kappa shape index (κ3) is 6.92. The fourth-order valence-electron chi connectivity index (χ4n) is 1.54. The first-order chi connectivity index (χ1) is 9.76. The summed E-state index contributed by atoms with van der Waals surface area (Å²) in [5.74, 6) is 0. The average Bonchev–Trinajstić information content (AvgIpc) is 2.46. The molecule has 0 aromatic heterocycles. The van der Waals surface area contributed by atoms with Gasteiger partial charge in [-0.15, -0.1) is 0 Å². The maximum absolute atomic E-state index is 11.6. The van der Waals surface area contributed by atoms with Gasteiger partial charge in [0.1, 0.15) is 0 Å². The maximum Gasteiger partial charge on any atom is 0.318 e. The monoisotopic (exact) mass is 278 g/mol. The summed E-state index contributed by atoms with van der Waals surface area (Å²) in [6.45, 7) is 5.17.